The van der Waals surface area contributed by atoms with Crippen LogP contribution in [0.5, 0.6) is 11.5 Å². The van der Waals surface area contributed by atoms with E-state index in [9.17, 15) is 15.8 Å². The summed E-state index contributed by atoms with van der Waals surface area (Å²) in [5, 5.41) is 32.5. The molecule has 0 bridgehead atoms. The predicted octanol–water partition coefficient (Wildman–Crippen LogP) is 8.34. The van der Waals surface area contributed by atoms with Crippen LogP contribution in [0.15, 0.2) is 164 Å². The first-order valence-corrected chi connectivity index (χ1v) is 20.2. The minimum atomic E-state index is -0.416. The van der Waals surface area contributed by atoms with Gasteiger partial charge in [-0.2, -0.15) is 15.8 Å². The highest BCUT2D eigenvalue weighted by molar-refractivity contribution is 7.03. The third-order valence-electron chi connectivity index (χ3n) is 12.6. The molecular formula is C52H27B2N7O. The summed E-state index contributed by atoms with van der Waals surface area (Å²) in [7, 11) is 0. The fourth-order valence-corrected chi connectivity index (χ4v) is 10.2. The van der Waals surface area contributed by atoms with Crippen molar-refractivity contribution in [2.24, 2.45) is 0 Å². The zero-order valence-corrected chi connectivity index (χ0v) is 32.8. The van der Waals surface area contributed by atoms with Crippen LogP contribution >= 0.6 is 0 Å². The Morgan fingerprint density at radius 3 is 1.52 bits per heavy atom. The summed E-state index contributed by atoms with van der Waals surface area (Å²) < 4.78 is 6.67. The third kappa shape index (κ3) is 4.69. The molecule has 0 fully saturated rings. The smallest absolute Gasteiger partial charge is 0.256 e. The van der Waals surface area contributed by atoms with E-state index in [1.165, 1.54) is 0 Å². The van der Waals surface area contributed by atoms with Crippen LogP contribution < -0.4 is 52.2 Å². The van der Waals surface area contributed by atoms with E-state index in [1.54, 1.807) is 12.1 Å². The van der Waals surface area contributed by atoms with Gasteiger partial charge in [0.1, 0.15) is 23.6 Å². The van der Waals surface area contributed by atoms with Crippen molar-refractivity contribution < 1.29 is 4.74 Å². The molecule has 0 unspecified atom stereocenters. The first kappa shape index (κ1) is 35.0. The number of nitrogens with zero attached hydrogens (tertiary/aromatic N) is 7. The lowest BCUT2D eigenvalue weighted by atomic mass is 9.30. The summed E-state index contributed by atoms with van der Waals surface area (Å²) in [5.41, 5.74) is 14.3. The zero-order valence-electron chi connectivity index (χ0n) is 32.8. The zero-order chi connectivity index (χ0) is 41.6. The molecule has 4 heterocycles. The molecule has 62 heavy (non-hydrogen) atoms. The highest BCUT2D eigenvalue weighted by atomic mass is 16.5. The Balaban J connectivity index is 1.26. The monoisotopic (exact) mass is 787 g/mol. The van der Waals surface area contributed by atoms with Crippen molar-refractivity contribution in [3.63, 3.8) is 0 Å². The van der Waals surface area contributed by atoms with Crippen molar-refractivity contribution in [3.05, 3.63) is 192 Å². The first-order valence-electron chi connectivity index (χ1n) is 20.2. The maximum absolute atomic E-state index is 11.1. The van der Waals surface area contributed by atoms with E-state index < -0.39 is 13.4 Å². The van der Waals surface area contributed by atoms with Crippen LogP contribution in [0, 0.1) is 40.6 Å². The first-order chi connectivity index (χ1) is 30.6. The van der Waals surface area contributed by atoms with Crippen LogP contribution in [-0.2, 0) is 0 Å². The minimum absolute atomic E-state index is 0.293. The van der Waals surface area contributed by atoms with Crippen LogP contribution in [0.1, 0.15) is 16.7 Å². The number of rotatable bonds is 3. The molecule has 4 aliphatic heterocycles. The normalized spacial score (nSPS) is 13.1. The summed E-state index contributed by atoms with van der Waals surface area (Å²) in [4.78, 5) is 10.6. The van der Waals surface area contributed by atoms with Gasteiger partial charge in [0.05, 0.1) is 40.7 Å². The molecule has 0 atom stereocenters. The van der Waals surface area contributed by atoms with Crippen molar-refractivity contribution in [2.45, 2.75) is 0 Å². The van der Waals surface area contributed by atoms with E-state index in [0.29, 0.717) is 45.3 Å². The number of para-hydroxylation sites is 5. The standard InChI is InChI=1S/C52H27B2N7O/c1-58-42-26-33(30-56)49-47-51(42)59(35-15-5-2-6-16-35)43-23-13-11-21-38(43)53(47)40-27-41-45(28-44(40)60(49)36-17-7-3-8-18-36)61(37-19-9-4-10-20-37)50-32(29-55)25-34(31-57)52-48(50)54(41)39-22-12-14-24-46(39)62-52/h2-28H. The van der Waals surface area contributed by atoms with Gasteiger partial charge in [0.2, 0.25) is 12.4 Å². The number of nitriles is 3. The van der Waals surface area contributed by atoms with Gasteiger partial charge >= 0.3 is 0 Å². The summed E-state index contributed by atoms with van der Waals surface area (Å²) >= 11 is 0. The fraction of sp³-hybridized carbons (Fsp3) is 0. The van der Waals surface area contributed by atoms with Gasteiger partial charge in [0.25, 0.3) is 6.71 Å². The highest BCUT2D eigenvalue weighted by Gasteiger charge is 2.49. The Hall–Kier alpha value is -8.95. The molecule has 10 heteroatoms. The Morgan fingerprint density at radius 2 is 0.935 bits per heavy atom. The maximum Gasteiger partial charge on any atom is 0.256 e. The second kappa shape index (κ2) is 13.3. The van der Waals surface area contributed by atoms with E-state index in [2.05, 4.69) is 86.3 Å². The molecular weight excluding hydrogens is 760 g/mol. The van der Waals surface area contributed by atoms with Gasteiger partial charge < -0.3 is 19.4 Å². The molecule has 0 N–H and O–H groups in total. The maximum atomic E-state index is 11.1. The molecule has 0 radical (unpaired) electrons. The number of anilines is 9. The molecule has 0 aromatic heterocycles. The Bertz CT molecular complexity index is 3420. The van der Waals surface area contributed by atoms with Crippen molar-refractivity contribution in [3.8, 4) is 29.7 Å². The van der Waals surface area contributed by atoms with Crippen molar-refractivity contribution >= 4 is 103 Å². The average molecular weight is 787 g/mol. The quantitative estimate of drug-likeness (QED) is 0.131. The predicted molar refractivity (Wildman–Crippen MR) is 247 cm³/mol. The second-order valence-corrected chi connectivity index (χ2v) is 15.6. The fourth-order valence-electron chi connectivity index (χ4n) is 10.2. The van der Waals surface area contributed by atoms with Crippen molar-refractivity contribution in [2.75, 3.05) is 14.7 Å². The lowest BCUT2D eigenvalue weighted by molar-refractivity contribution is 0.486. The number of benzene rings is 8. The summed E-state index contributed by atoms with van der Waals surface area (Å²) in [6, 6.07) is 61.6. The van der Waals surface area contributed by atoms with Gasteiger partial charge in [-0.3, -0.25) is 0 Å². The number of hydrogen-bond acceptors (Lipinski definition) is 7. The molecule has 0 spiro atoms. The van der Waals surface area contributed by atoms with Gasteiger partial charge in [-0.15, -0.1) is 0 Å². The molecule has 0 saturated carbocycles. The van der Waals surface area contributed by atoms with E-state index in [1.807, 2.05) is 103 Å². The van der Waals surface area contributed by atoms with E-state index in [-0.39, 0.29) is 0 Å². The number of ether oxygens (including phenoxy) is 1. The summed E-state index contributed by atoms with van der Waals surface area (Å²) in [5.74, 6) is 1.09. The Kier molecular flexibility index (Phi) is 7.51. The average Bonchev–Trinajstić information content (AvgIpc) is 3.34. The van der Waals surface area contributed by atoms with Crippen molar-refractivity contribution in [1.29, 1.82) is 15.8 Å². The van der Waals surface area contributed by atoms with Gasteiger partial charge in [0, 0.05) is 39.8 Å². The largest absolute Gasteiger partial charge is 0.457 e. The molecule has 8 nitrogen and oxygen atoms in total. The third-order valence-corrected chi connectivity index (χ3v) is 12.6. The van der Waals surface area contributed by atoms with Gasteiger partial charge in [0.15, 0.2) is 0 Å². The molecule has 8 aromatic rings. The summed E-state index contributed by atoms with van der Waals surface area (Å²) in [6.07, 6.45) is 0. The molecule has 0 saturated heterocycles. The number of hydrogen-bond donors (Lipinski definition) is 0. The lowest BCUT2D eigenvalue weighted by Gasteiger charge is -2.46. The van der Waals surface area contributed by atoms with Gasteiger partial charge in [-0.05, 0) is 99.5 Å². The van der Waals surface area contributed by atoms with Crippen LogP contribution in [0.4, 0.5) is 56.9 Å². The molecule has 282 valence electrons. The summed E-state index contributed by atoms with van der Waals surface area (Å²) in [6.45, 7) is 7.77. The molecule has 12 rings (SSSR count). The lowest BCUT2D eigenvalue weighted by Crippen LogP contribution is -2.65. The van der Waals surface area contributed by atoms with Crippen molar-refractivity contribution in [1.82, 2.24) is 0 Å². The number of fused-ring (bicyclic) bond motifs is 8. The molecule has 8 aromatic carbocycles. The Labute approximate surface area is 358 Å². The van der Waals surface area contributed by atoms with Crippen LogP contribution in [0.3, 0.4) is 0 Å². The van der Waals surface area contributed by atoms with Crippen LogP contribution in [0.25, 0.3) is 4.85 Å². The minimum Gasteiger partial charge on any atom is -0.457 e. The van der Waals surface area contributed by atoms with Gasteiger partial charge in [-0.25, -0.2) is 4.85 Å². The van der Waals surface area contributed by atoms with E-state index in [0.717, 1.165) is 72.6 Å². The van der Waals surface area contributed by atoms with Gasteiger partial charge in [-0.1, -0.05) is 97.1 Å². The van der Waals surface area contributed by atoms with Crippen LogP contribution in [-0.4, -0.2) is 13.4 Å². The second-order valence-electron chi connectivity index (χ2n) is 15.6. The SMILES string of the molecule is [C-]#[N+]c1cc(C#N)c2c3c1N(c1ccccc1)c1ccccc1B3c1cc3c(cc1N2c1ccccc1)N(c1ccccc1)c1c(C#N)cc(C#N)c2c1B3c1ccccc1O2. The molecule has 0 aliphatic carbocycles. The Morgan fingerprint density at radius 1 is 0.452 bits per heavy atom. The molecule has 4 aliphatic rings. The highest BCUT2D eigenvalue weighted by Crippen LogP contribution is 2.51. The van der Waals surface area contributed by atoms with E-state index in [4.69, 9.17) is 11.3 Å². The van der Waals surface area contributed by atoms with Crippen LogP contribution in [0.2, 0.25) is 0 Å². The van der Waals surface area contributed by atoms with E-state index >= 15 is 0 Å². The molecule has 0 amide bonds. The topological polar surface area (TPSA) is 94.7 Å².